The summed E-state index contributed by atoms with van der Waals surface area (Å²) in [7, 11) is 0. The van der Waals surface area contributed by atoms with E-state index in [9.17, 15) is 18.8 Å². The van der Waals surface area contributed by atoms with Crippen molar-refractivity contribution in [3.63, 3.8) is 0 Å². The molecule has 6 nitrogen and oxygen atoms in total. The van der Waals surface area contributed by atoms with E-state index >= 15 is 0 Å². The second kappa shape index (κ2) is 9.47. The van der Waals surface area contributed by atoms with Gasteiger partial charge in [-0.2, -0.15) is 0 Å². The molecule has 0 aliphatic heterocycles. The molecule has 0 aliphatic carbocycles. The minimum atomic E-state index is -0.652. The molecule has 2 N–H and O–H groups in total. The number of rotatable bonds is 7. The molecule has 0 fully saturated rings. The zero-order valence-electron chi connectivity index (χ0n) is 15.2. The van der Waals surface area contributed by atoms with Gasteiger partial charge in [0.05, 0.1) is 6.42 Å². The van der Waals surface area contributed by atoms with E-state index in [1.807, 2.05) is 26.0 Å². The molecule has 0 radical (unpaired) electrons. The third-order valence-corrected chi connectivity index (χ3v) is 3.93. The molecule has 2 aromatic carbocycles. The second-order valence-corrected chi connectivity index (χ2v) is 6.01. The molecule has 2 aromatic rings. The molecule has 7 heteroatoms. The van der Waals surface area contributed by atoms with Crippen LogP contribution in [0.5, 0.6) is 0 Å². The number of amides is 2. The topological polar surface area (TPSA) is 84.5 Å². The van der Waals surface area contributed by atoms with Crippen LogP contribution in [-0.2, 0) is 19.1 Å². The number of carbonyl (C=O) groups is 3. The zero-order valence-corrected chi connectivity index (χ0v) is 15.2. The molecule has 142 valence electrons. The molecule has 0 atom stereocenters. The van der Waals surface area contributed by atoms with Crippen LogP contribution in [0, 0.1) is 19.7 Å². The average Bonchev–Trinajstić information content (AvgIpc) is 2.64. The molecule has 0 aliphatic rings. The van der Waals surface area contributed by atoms with E-state index in [4.69, 9.17) is 4.74 Å². The molecular weight excluding hydrogens is 351 g/mol. The maximum Gasteiger partial charge on any atom is 0.306 e. The van der Waals surface area contributed by atoms with Gasteiger partial charge in [0.2, 0.25) is 5.91 Å². The first-order valence-corrected chi connectivity index (χ1v) is 8.42. The Morgan fingerprint density at radius 2 is 1.63 bits per heavy atom. The fourth-order valence-electron chi connectivity index (χ4n) is 2.26. The number of hydrogen-bond acceptors (Lipinski definition) is 4. The fraction of sp³-hybridized carbons (Fsp3) is 0.250. The summed E-state index contributed by atoms with van der Waals surface area (Å²) in [5.41, 5.74) is 3.07. The van der Waals surface area contributed by atoms with Gasteiger partial charge in [0.1, 0.15) is 5.82 Å². The lowest BCUT2D eigenvalue weighted by molar-refractivity contribution is -0.147. The van der Waals surface area contributed by atoms with E-state index < -0.39 is 30.2 Å². The number of halogens is 1. The minimum absolute atomic E-state index is 0.102. The number of benzene rings is 2. The molecule has 0 bridgehead atoms. The molecule has 0 saturated heterocycles. The van der Waals surface area contributed by atoms with Crippen LogP contribution < -0.4 is 10.6 Å². The van der Waals surface area contributed by atoms with Gasteiger partial charge in [-0.1, -0.05) is 12.1 Å². The molecule has 2 rings (SSSR count). The van der Waals surface area contributed by atoms with Crippen LogP contribution in [0.15, 0.2) is 42.5 Å². The Morgan fingerprint density at radius 3 is 2.33 bits per heavy atom. The number of ether oxygens (including phenoxy) is 1. The lowest BCUT2D eigenvalue weighted by atomic mass is 10.1. The van der Waals surface area contributed by atoms with Crippen molar-refractivity contribution >= 4 is 29.2 Å². The van der Waals surface area contributed by atoms with Crippen molar-refractivity contribution in [2.75, 3.05) is 17.2 Å². The molecule has 0 heterocycles. The van der Waals surface area contributed by atoms with Crippen LogP contribution >= 0.6 is 0 Å². The smallest absolute Gasteiger partial charge is 0.306 e. The second-order valence-electron chi connectivity index (χ2n) is 6.01. The van der Waals surface area contributed by atoms with E-state index in [2.05, 4.69) is 10.6 Å². The molecule has 0 aromatic heterocycles. The number of anilines is 2. The predicted molar refractivity (Wildman–Crippen MR) is 99.8 cm³/mol. The van der Waals surface area contributed by atoms with Crippen molar-refractivity contribution in [3.8, 4) is 0 Å². The lowest BCUT2D eigenvalue weighted by Crippen LogP contribution is -2.22. The summed E-state index contributed by atoms with van der Waals surface area (Å²) in [6.45, 7) is 3.39. The number of nitrogens with one attached hydrogen (secondary N) is 2. The van der Waals surface area contributed by atoms with Crippen molar-refractivity contribution in [2.45, 2.75) is 26.7 Å². The standard InChI is InChI=1S/C20H21FN2O4/c1-13-4-3-5-17(14(13)2)23-19(25)12-27-20(26)11-10-18(24)22-16-8-6-15(21)7-9-16/h3-9H,10-12H2,1-2H3,(H,22,24)(H,23,25). The maximum atomic E-state index is 12.8. The highest BCUT2D eigenvalue weighted by Crippen LogP contribution is 2.17. The number of hydrogen-bond donors (Lipinski definition) is 2. The lowest BCUT2D eigenvalue weighted by Gasteiger charge is -2.10. The Morgan fingerprint density at radius 1 is 0.926 bits per heavy atom. The molecule has 0 saturated carbocycles. The summed E-state index contributed by atoms with van der Waals surface area (Å²) in [6, 6.07) is 10.8. The first kappa shape index (κ1) is 20.1. The van der Waals surface area contributed by atoms with Gasteiger partial charge in [0.15, 0.2) is 6.61 Å². The van der Waals surface area contributed by atoms with Gasteiger partial charge in [0, 0.05) is 17.8 Å². The van der Waals surface area contributed by atoms with Gasteiger partial charge in [-0.3, -0.25) is 14.4 Å². The Balaban J connectivity index is 1.70. The SMILES string of the molecule is Cc1cccc(NC(=O)COC(=O)CCC(=O)Nc2ccc(F)cc2)c1C. The van der Waals surface area contributed by atoms with Gasteiger partial charge < -0.3 is 15.4 Å². The van der Waals surface area contributed by atoms with Crippen molar-refractivity contribution in [2.24, 2.45) is 0 Å². The van der Waals surface area contributed by atoms with Crippen LogP contribution in [0.3, 0.4) is 0 Å². The van der Waals surface area contributed by atoms with Crippen molar-refractivity contribution < 1.29 is 23.5 Å². The van der Waals surface area contributed by atoms with E-state index in [1.54, 1.807) is 6.07 Å². The van der Waals surface area contributed by atoms with Gasteiger partial charge in [-0.05, 0) is 55.3 Å². The summed E-state index contributed by atoms with van der Waals surface area (Å²) in [5.74, 6) is -1.91. The fourth-order valence-corrected chi connectivity index (χ4v) is 2.26. The first-order chi connectivity index (χ1) is 12.8. The number of carbonyl (C=O) groups excluding carboxylic acids is 3. The van der Waals surface area contributed by atoms with Crippen LogP contribution in [0.2, 0.25) is 0 Å². The monoisotopic (exact) mass is 372 g/mol. The van der Waals surface area contributed by atoms with E-state index in [1.165, 1.54) is 24.3 Å². The third-order valence-electron chi connectivity index (χ3n) is 3.93. The Kier molecular flexibility index (Phi) is 7.05. The number of aryl methyl sites for hydroxylation is 1. The third kappa shape index (κ3) is 6.54. The van der Waals surface area contributed by atoms with Gasteiger partial charge in [-0.25, -0.2) is 4.39 Å². The highest BCUT2D eigenvalue weighted by molar-refractivity contribution is 5.94. The summed E-state index contributed by atoms with van der Waals surface area (Å²) in [6.07, 6.45) is -0.265. The molecule has 0 unspecified atom stereocenters. The molecular formula is C20H21FN2O4. The molecule has 0 spiro atoms. The largest absolute Gasteiger partial charge is 0.456 e. The van der Waals surface area contributed by atoms with E-state index in [0.29, 0.717) is 11.4 Å². The Bertz CT molecular complexity index is 834. The van der Waals surface area contributed by atoms with Gasteiger partial charge >= 0.3 is 5.97 Å². The van der Waals surface area contributed by atoms with Crippen LogP contribution in [0.1, 0.15) is 24.0 Å². The van der Waals surface area contributed by atoms with Crippen molar-refractivity contribution in [3.05, 3.63) is 59.4 Å². The van der Waals surface area contributed by atoms with Crippen LogP contribution in [-0.4, -0.2) is 24.4 Å². The number of esters is 1. The maximum absolute atomic E-state index is 12.8. The normalized spacial score (nSPS) is 10.2. The highest BCUT2D eigenvalue weighted by Gasteiger charge is 2.12. The summed E-state index contributed by atoms with van der Waals surface area (Å²) in [5, 5.41) is 5.22. The van der Waals surface area contributed by atoms with Crippen molar-refractivity contribution in [1.29, 1.82) is 0 Å². The van der Waals surface area contributed by atoms with Gasteiger partial charge in [-0.15, -0.1) is 0 Å². The minimum Gasteiger partial charge on any atom is -0.456 e. The predicted octanol–water partition coefficient (Wildman–Crippen LogP) is 3.34. The van der Waals surface area contributed by atoms with E-state index in [0.717, 1.165) is 11.1 Å². The summed E-state index contributed by atoms with van der Waals surface area (Å²) in [4.78, 5) is 35.3. The Labute approximate surface area is 156 Å². The average molecular weight is 372 g/mol. The first-order valence-electron chi connectivity index (χ1n) is 8.42. The zero-order chi connectivity index (χ0) is 19.8. The van der Waals surface area contributed by atoms with E-state index in [-0.39, 0.29) is 12.8 Å². The van der Waals surface area contributed by atoms with Crippen molar-refractivity contribution in [1.82, 2.24) is 0 Å². The van der Waals surface area contributed by atoms with Crippen LogP contribution in [0.4, 0.5) is 15.8 Å². The van der Waals surface area contributed by atoms with Gasteiger partial charge in [0.25, 0.3) is 5.91 Å². The van der Waals surface area contributed by atoms with Crippen LogP contribution in [0.25, 0.3) is 0 Å². The Hall–Kier alpha value is -3.22. The molecule has 27 heavy (non-hydrogen) atoms. The molecule has 2 amide bonds. The summed E-state index contributed by atoms with van der Waals surface area (Å²) < 4.78 is 17.7. The quantitative estimate of drug-likeness (QED) is 0.730. The highest BCUT2D eigenvalue weighted by atomic mass is 19.1. The summed E-state index contributed by atoms with van der Waals surface area (Å²) >= 11 is 0.